The lowest BCUT2D eigenvalue weighted by molar-refractivity contribution is 0.196. The molecule has 20 heavy (non-hydrogen) atoms. The molecule has 0 aliphatic carbocycles. The van der Waals surface area contributed by atoms with E-state index in [-0.39, 0.29) is 12.1 Å². The minimum atomic E-state index is -0.0186. The van der Waals surface area contributed by atoms with Crippen LogP contribution in [0.1, 0.15) is 18.0 Å². The topological polar surface area (TPSA) is 76.0 Å². The number of nitrogens with zero attached hydrogens (tertiary/aromatic N) is 4. The molecule has 1 aliphatic heterocycles. The number of likely N-dealkylation sites (N-methyl/N-ethyl adjacent to an activating group) is 1. The highest BCUT2D eigenvalue weighted by atomic mass is 16.2. The molecule has 3 rings (SSSR count). The number of aromatic nitrogens is 2. The average molecular weight is 269 g/mol. The Balaban J connectivity index is 1.86. The summed E-state index contributed by atoms with van der Waals surface area (Å²) in [6.07, 6.45) is 2.03. The van der Waals surface area contributed by atoms with Crippen molar-refractivity contribution in [2.75, 3.05) is 20.1 Å². The second-order valence-corrected chi connectivity index (χ2v) is 4.94. The molecule has 0 spiro atoms. The lowest BCUT2D eigenvalue weighted by Gasteiger charge is -2.17. The van der Waals surface area contributed by atoms with E-state index < -0.39 is 0 Å². The van der Waals surface area contributed by atoms with Crippen LogP contribution in [-0.4, -0.2) is 45.9 Å². The summed E-state index contributed by atoms with van der Waals surface area (Å²) >= 11 is 0. The molecule has 0 radical (unpaired) electrons. The highest BCUT2D eigenvalue weighted by Gasteiger charge is 2.35. The number of nitrogens with one attached hydrogen (secondary N) is 1. The number of amides is 2. The Hall–Kier alpha value is -2.55. The highest BCUT2D eigenvalue weighted by molar-refractivity contribution is 5.79. The molecule has 2 amide bonds. The van der Waals surface area contributed by atoms with Gasteiger partial charge in [-0.05, 0) is 17.7 Å². The quantitative estimate of drug-likeness (QED) is 0.924. The van der Waals surface area contributed by atoms with Crippen molar-refractivity contribution >= 4 is 17.1 Å². The van der Waals surface area contributed by atoms with E-state index in [2.05, 4.69) is 16.0 Å². The van der Waals surface area contributed by atoms with Gasteiger partial charge in [-0.1, -0.05) is 6.07 Å². The highest BCUT2D eigenvalue weighted by Crippen LogP contribution is 2.29. The Bertz CT molecular complexity index is 686. The molecular formula is C14H15N5O. The SMILES string of the molecule is CN1C(=O)N(CCC#N)CC1c1ccc2nc[nH]c2c1. The van der Waals surface area contributed by atoms with Crippen LogP contribution in [-0.2, 0) is 0 Å². The third-order valence-corrected chi connectivity index (χ3v) is 3.76. The average Bonchev–Trinajstić information content (AvgIpc) is 3.03. The van der Waals surface area contributed by atoms with Crippen molar-refractivity contribution in [2.45, 2.75) is 12.5 Å². The summed E-state index contributed by atoms with van der Waals surface area (Å²) in [7, 11) is 1.80. The minimum Gasteiger partial charge on any atom is -0.345 e. The first kappa shape index (κ1) is 12.5. The molecule has 1 aromatic carbocycles. The van der Waals surface area contributed by atoms with E-state index in [1.165, 1.54) is 0 Å². The summed E-state index contributed by atoms with van der Waals surface area (Å²) in [6, 6.07) is 8.08. The molecule has 2 heterocycles. The standard InChI is InChI=1S/C14H15N5O/c1-18-13(8-19(14(18)20)6-2-5-15)10-3-4-11-12(7-10)17-9-16-11/h3-4,7,9,13H,2,6,8H2,1H3,(H,16,17). The molecule has 0 saturated carbocycles. The third kappa shape index (κ3) is 1.97. The molecule has 6 heteroatoms. The molecule has 6 nitrogen and oxygen atoms in total. The second-order valence-electron chi connectivity index (χ2n) is 4.94. The van der Waals surface area contributed by atoms with E-state index in [9.17, 15) is 4.79 Å². The van der Waals surface area contributed by atoms with Crippen molar-refractivity contribution in [2.24, 2.45) is 0 Å². The summed E-state index contributed by atoms with van der Waals surface area (Å²) in [4.78, 5) is 22.9. The van der Waals surface area contributed by atoms with Crippen LogP contribution in [0.5, 0.6) is 0 Å². The van der Waals surface area contributed by atoms with E-state index in [0.717, 1.165) is 16.6 Å². The Labute approximate surface area is 116 Å². The van der Waals surface area contributed by atoms with Crippen LogP contribution in [0, 0.1) is 11.3 Å². The van der Waals surface area contributed by atoms with E-state index in [1.54, 1.807) is 23.2 Å². The first-order valence-electron chi connectivity index (χ1n) is 6.52. The molecule has 102 valence electrons. The molecule has 1 N–H and O–H groups in total. The van der Waals surface area contributed by atoms with Crippen LogP contribution in [0.2, 0.25) is 0 Å². The van der Waals surface area contributed by atoms with Gasteiger partial charge < -0.3 is 14.8 Å². The molecule has 1 aliphatic rings. The summed E-state index contributed by atoms with van der Waals surface area (Å²) in [5, 5.41) is 8.64. The predicted molar refractivity (Wildman–Crippen MR) is 73.8 cm³/mol. The molecular weight excluding hydrogens is 254 g/mol. The van der Waals surface area contributed by atoms with Gasteiger partial charge in [0.1, 0.15) is 0 Å². The van der Waals surface area contributed by atoms with Gasteiger partial charge in [-0.15, -0.1) is 0 Å². The minimum absolute atomic E-state index is 0.0186. The number of hydrogen-bond acceptors (Lipinski definition) is 3. The van der Waals surface area contributed by atoms with Gasteiger partial charge in [0.2, 0.25) is 0 Å². The maximum absolute atomic E-state index is 12.1. The summed E-state index contributed by atoms with van der Waals surface area (Å²) in [5.74, 6) is 0. The Morgan fingerprint density at radius 2 is 2.40 bits per heavy atom. The summed E-state index contributed by atoms with van der Waals surface area (Å²) < 4.78 is 0. The molecule has 1 saturated heterocycles. The van der Waals surface area contributed by atoms with Gasteiger partial charge in [-0.25, -0.2) is 9.78 Å². The van der Waals surface area contributed by atoms with Crippen LogP contribution in [0.15, 0.2) is 24.5 Å². The van der Waals surface area contributed by atoms with E-state index in [4.69, 9.17) is 5.26 Å². The zero-order valence-electron chi connectivity index (χ0n) is 11.2. The van der Waals surface area contributed by atoms with E-state index >= 15 is 0 Å². The van der Waals surface area contributed by atoms with Gasteiger partial charge >= 0.3 is 6.03 Å². The van der Waals surface area contributed by atoms with Crippen LogP contribution in [0.3, 0.4) is 0 Å². The second kappa shape index (κ2) is 4.85. The van der Waals surface area contributed by atoms with Crippen LogP contribution >= 0.6 is 0 Å². The van der Waals surface area contributed by atoms with Gasteiger partial charge in [-0.3, -0.25) is 0 Å². The zero-order valence-corrected chi connectivity index (χ0v) is 11.2. The maximum atomic E-state index is 12.1. The number of nitriles is 1. The van der Waals surface area contributed by atoms with Crippen molar-refractivity contribution in [1.82, 2.24) is 19.8 Å². The number of aromatic amines is 1. The monoisotopic (exact) mass is 269 g/mol. The fraction of sp³-hybridized carbons (Fsp3) is 0.357. The number of H-pyrrole nitrogens is 1. The molecule has 1 unspecified atom stereocenters. The fourth-order valence-corrected chi connectivity index (χ4v) is 2.63. The van der Waals surface area contributed by atoms with Gasteiger partial charge in [-0.2, -0.15) is 5.26 Å². The van der Waals surface area contributed by atoms with Crippen molar-refractivity contribution in [1.29, 1.82) is 5.26 Å². The number of fused-ring (bicyclic) bond motifs is 1. The number of benzene rings is 1. The fourth-order valence-electron chi connectivity index (χ4n) is 2.63. The van der Waals surface area contributed by atoms with Crippen LogP contribution < -0.4 is 0 Å². The van der Waals surface area contributed by atoms with Crippen molar-refractivity contribution in [3.05, 3.63) is 30.1 Å². The number of urea groups is 1. The predicted octanol–water partition coefficient (Wildman–Crippen LogP) is 1.89. The Morgan fingerprint density at radius 3 is 3.20 bits per heavy atom. The molecule has 0 bridgehead atoms. The number of hydrogen-bond donors (Lipinski definition) is 1. The number of rotatable bonds is 3. The van der Waals surface area contributed by atoms with Crippen LogP contribution in [0.4, 0.5) is 4.79 Å². The zero-order chi connectivity index (χ0) is 14.1. The van der Waals surface area contributed by atoms with Crippen molar-refractivity contribution in [3.63, 3.8) is 0 Å². The number of carbonyl (C=O) groups excluding carboxylic acids is 1. The third-order valence-electron chi connectivity index (χ3n) is 3.76. The number of imidazole rings is 1. The van der Waals surface area contributed by atoms with Gasteiger partial charge in [0.05, 0.1) is 35.9 Å². The molecule has 1 fully saturated rings. The lowest BCUT2D eigenvalue weighted by Crippen LogP contribution is -2.30. The first-order valence-corrected chi connectivity index (χ1v) is 6.52. The number of carbonyl (C=O) groups is 1. The maximum Gasteiger partial charge on any atom is 0.320 e. The van der Waals surface area contributed by atoms with E-state index in [1.807, 2.05) is 18.2 Å². The first-order chi connectivity index (χ1) is 9.70. The lowest BCUT2D eigenvalue weighted by atomic mass is 10.1. The molecule has 1 atom stereocenters. The summed E-state index contributed by atoms with van der Waals surface area (Å²) in [6.45, 7) is 1.11. The molecule has 1 aromatic heterocycles. The Morgan fingerprint density at radius 1 is 1.55 bits per heavy atom. The van der Waals surface area contributed by atoms with Gasteiger partial charge in [0.15, 0.2) is 0 Å². The van der Waals surface area contributed by atoms with Crippen molar-refractivity contribution < 1.29 is 4.79 Å². The molecule has 2 aromatic rings. The van der Waals surface area contributed by atoms with Gasteiger partial charge in [0.25, 0.3) is 0 Å². The largest absolute Gasteiger partial charge is 0.345 e. The van der Waals surface area contributed by atoms with E-state index in [0.29, 0.717) is 19.5 Å². The summed E-state index contributed by atoms with van der Waals surface area (Å²) in [5.41, 5.74) is 2.97. The van der Waals surface area contributed by atoms with Crippen LogP contribution in [0.25, 0.3) is 11.0 Å². The van der Waals surface area contributed by atoms with Gasteiger partial charge in [0, 0.05) is 20.1 Å². The Kier molecular flexibility index (Phi) is 3.03. The normalized spacial score (nSPS) is 18.8. The van der Waals surface area contributed by atoms with Crippen molar-refractivity contribution in [3.8, 4) is 6.07 Å². The smallest absolute Gasteiger partial charge is 0.320 e.